The molecular weight excluding hydrogens is 599 g/mol. The van der Waals surface area contributed by atoms with Crippen molar-refractivity contribution in [3.05, 3.63) is 94.6 Å². The van der Waals surface area contributed by atoms with Crippen molar-refractivity contribution < 1.29 is 28.9 Å². The summed E-state index contributed by atoms with van der Waals surface area (Å²) in [7, 11) is 0. The van der Waals surface area contributed by atoms with Gasteiger partial charge in [0.15, 0.2) is 15.8 Å². The van der Waals surface area contributed by atoms with Crippen LogP contribution in [0.3, 0.4) is 0 Å². The van der Waals surface area contributed by atoms with Gasteiger partial charge in [0.25, 0.3) is 5.78 Å². The van der Waals surface area contributed by atoms with Crippen LogP contribution >= 0.6 is 23.1 Å². The predicted molar refractivity (Wildman–Crippen MR) is 170 cm³/mol. The Kier molecular flexibility index (Phi) is 8.85. The number of ketones is 1. The molecule has 9 nitrogen and oxygen atoms in total. The zero-order chi connectivity index (χ0) is 30.6. The van der Waals surface area contributed by atoms with E-state index < -0.39 is 17.7 Å². The Bertz CT molecular complexity index is 1720. The average Bonchev–Trinajstić information content (AvgIpc) is 3.62. The Morgan fingerprint density at radius 2 is 1.84 bits per heavy atom. The molecule has 0 aliphatic carbocycles. The molecule has 6 rings (SSSR count). The Morgan fingerprint density at radius 3 is 2.64 bits per heavy atom. The van der Waals surface area contributed by atoms with Crippen molar-refractivity contribution in [3.8, 4) is 17.2 Å². The van der Waals surface area contributed by atoms with E-state index in [2.05, 4.69) is 41.4 Å². The minimum atomic E-state index is -0.958. The molecule has 2 aliphatic heterocycles. The molecule has 4 aromatic rings. The number of hydrogen-bond donors (Lipinski definition) is 1. The van der Waals surface area contributed by atoms with E-state index in [-0.39, 0.29) is 16.5 Å². The molecule has 44 heavy (non-hydrogen) atoms. The summed E-state index contributed by atoms with van der Waals surface area (Å²) in [6.45, 7) is 5.46. The SMILES string of the molecule is CCCCOc1cccc(C2C(=C(O)c3ccc4c(c3)OCCO4)C(=O)C(=O)N2c2nnc(SCc3ccc(C)cc3)s2)c1. The summed E-state index contributed by atoms with van der Waals surface area (Å²) in [5, 5.41) is 20.5. The van der Waals surface area contributed by atoms with Crippen LogP contribution in [0.15, 0.2) is 76.6 Å². The fourth-order valence-electron chi connectivity index (χ4n) is 4.99. The Hall–Kier alpha value is -4.35. The third kappa shape index (κ3) is 6.15. The van der Waals surface area contributed by atoms with Crippen LogP contribution in [0.25, 0.3) is 5.76 Å². The van der Waals surface area contributed by atoms with Crippen LogP contribution in [0, 0.1) is 6.92 Å². The molecule has 1 aromatic heterocycles. The molecule has 1 atom stereocenters. The van der Waals surface area contributed by atoms with E-state index in [9.17, 15) is 14.7 Å². The number of anilines is 1. The molecule has 0 bridgehead atoms. The summed E-state index contributed by atoms with van der Waals surface area (Å²) >= 11 is 2.73. The Morgan fingerprint density at radius 1 is 1.05 bits per heavy atom. The minimum absolute atomic E-state index is 0.0542. The quantitative estimate of drug-likeness (QED) is 0.0511. The number of aliphatic hydroxyl groups excluding tert-OH is 1. The number of rotatable bonds is 10. The standard InChI is InChI=1S/C33H31N3O6S2/c1-3-4-14-40-24-7-5-6-22(17-24)28-27(29(37)23-12-13-25-26(18-23)42-16-15-41-25)30(38)31(39)36(28)32-34-35-33(44-32)43-19-21-10-8-20(2)9-11-21/h5-13,17-18,28,37H,3-4,14-16,19H2,1-2H3. The molecule has 3 aromatic carbocycles. The number of Topliss-reactive ketones (excluding diaryl/α,β-unsaturated/α-hetero) is 1. The van der Waals surface area contributed by atoms with Gasteiger partial charge in [0.1, 0.15) is 24.7 Å². The van der Waals surface area contributed by atoms with Gasteiger partial charge in [0, 0.05) is 11.3 Å². The summed E-state index contributed by atoms with van der Waals surface area (Å²) in [6.07, 6.45) is 1.87. The van der Waals surface area contributed by atoms with Gasteiger partial charge in [-0.25, -0.2) is 0 Å². The second-order valence-electron chi connectivity index (χ2n) is 10.4. The highest BCUT2D eigenvalue weighted by Crippen LogP contribution is 2.45. The number of unbranched alkanes of at least 4 members (excludes halogenated alkanes) is 1. The normalized spacial score (nSPS) is 17.2. The Balaban J connectivity index is 1.38. The third-order valence-corrected chi connectivity index (χ3v) is 9.41. The zero-order valence-corrected chi connectivity index (χ0v) is 26.0. The van der Waals surface area contributed by atoms with Crippen molar-refractivity contribution >= 4 is 45.7 Å². The number of carbonyl (C=O) groups excluding carboxylic acids is 2. The highest BCUT2D eigenvalue weighted by Gasteiger charge is 2.48. The number of aliphatic hydroxyl groups is 1. The van der Waals surface area contributed by atoms with Gasteiger partial charge in [-0.15, -0.1) is 10.2 Å². The van der Waals surface area contributed by atoms with Crippen LogP contribution in [-0.4, -0.2) is 46.8 Å². The first-order chi connectivity index (χ1) is 21.4. The van der Waals surface area contributed by atoms with E-state index in [1.807, 2.05) is 19.1 Å². The maximum atomic E-state index is 13.7. The summed E-state index contributed by atoms with van der Waals surface area (Å²) in [5.74, 6) is 0.360. The van der Waals surface area contributed by atoms with Gasteiger partial charge < -0.3 is 19.3 Å². The highest BCUT2D eigenvalue weighted by molar-refractivity contribution is 8.00. The second kappa shape index (κ2) is 13.1. The first-order valence-corrected chi connectivity index (χ1v) is 16.2. The van der Waals surface area contributed by atoms with Crippen LogP contribution in [0.2, 0.25) is 0 Å². The molecule has 3 heterocycles. The predicted octanol–water partition coefficient (Wildman–Crippen LogP) is 6.72. The molecule has 0 spiro atoms. The van der Waals surface area contributed by atoms with Gasteiger partial charge in [-0.05, 0) is 54.8 Å². The van der Waals surface area contributed by atoms with Crippen molar-refractivity contribution in [2.75, 3.05) is 24.7 Å². The molecule has 1 N–H and O–H groups in total. The van der Waals surface area contributed by atoms with E-state index >= 15 is 0 Å². The molecule has 0 radical (unpaired) electrons. The van der Waals surface area contributed by atoms with Crippen LogP contribution < -0.4 is 19.1 Å². The van der Waals surface area contributed by atoms with Gasteiger partial charge in [0.2, 0.25) is 5.13 Å². The van der Waals surface area contributed by atoms with Crippen LogP contribution in [0.4, 0.5) is 5.13 Å². The van der Waals surface area contributed by atoms with Gasteiger partial charge >= 0.3 is 5.91 Å². The number of benzene rings is 3. The number of carbonyl (C=O) groups is 2. The number of aromatic nitrogens is 2. The summed E-state index contributed by atoms with van der Waals surface area (Å²) in [5.41, 5.74) is 3.20. The number of fused-ring (bicyclic) bond motifs is 1. The first kappa shape index (κ1) is 29.7. The van der Waals surface area contributed by atoms with E-state index in [1.54, 1.807) is 30.3 Å². The molecule has 1 amide bonds. The summed E-state index contributed by atoms with van der Waals surface area (Å²) < 4.78 is 17.9. The van der Waals surface area contributed by atoms with Gasteiger partial charge in [-0.3, -0.25) is 14.5 Å². The number of aryl methyl sites for hydroxylation is 1. The lowest BCUT2D eigenvalue weighted by Crippen LogP contribution is -2.29. The molecule has 11 heteroatoms. The molecule has 226 valence electrons. The van der Waals surface area contributed by atoms with Crippen molar-refractivity contribution in [1.29, 1.82) is 0 Å². The molecule has 1 saturated heterocycles. The van der Waals surface area contributed by atoms with Crippen molar-refractivity contribution in [2.45, 2.75) is 42.8 Å². The minimum Gasteiger partial charge on any atom is -0.507 e. The van der Waals surface area contributed by atoms with Crippen LogP contribution in [0.5, 0.6) is 17.2 Å². The number of nitrogens with zero attached hydrogens (tertiary/aromatic N) is 3. The van der Waals surface area contributed by atoms with Crippen LogP contribution in [-0.2, 0) is 15.3 Å². The lowest BCUT2D eigenvalue weighted by atomic mass is 9.95. The summed E-state index contributed by atoms with van der Waals surface area (Å²) in [4.78, 5) is 28.7. The van der Waals surface area contributed by atoms with Gasteiger partial charge in [-0.2, -0.15) is 0 Å². The molecule has 1 unspecified atom stereocenters. The lowest BCUT2D eigenvalue weighted by molar-refractivity contribution is -0.132. The fourth-order valence-corrected chi connectivity index (χ4v) is 6.81. The molecule has 1 fully saturated rings. The third-order valence-electron chi connectivity index (χ3n) is 7.29. The maximum Gasteiger partial charge on any atom is 0.301 e. The van der Waals surface area contributed by atoms with E-state index in [0.29, 0.717) is 58.3 Å². The smallest absolute Gasteiger partial charge is 0.301 e. The maximum absolute atomic E-state index is 13.7. The van der Waals surface area contributed by atoms with E-state index in [4.69, 9.17) is 14.2 Å². The average molecular weight is 630 g/mol. The Labute approximate surface area is 263 Å². The van der Waals surface area contributed by atoms with Crippen molar-refractivity contribution in [3.63, 3.8) is 0 Å². The second-order valence-corrected chi connectivity index (χ2v) is 12.6. The lowest BCUT2D eigenvalue weighted by Gasteiger charge is -2.23. The van der Waals surface area contributed by atoms with Gasteiger partial charge in [0.05, 0.1) is 18.2 Å². The van der Waals surface area contributed by atoms with E-state index in [0.717, 1.165) is 18.4 Å². The van der Waals surface area contributed by atoms with Crippen LogP contribution in [0.1, 0.15) is 48.1 Å². The van der Waals surface area contributed by atoms with Crippen molar-refractivity contribution in [2.24, 2.45) is 0 Å². The van der Waals surface area contributed by atoms with E-state index in [1.165, 1.54) is 33.6 Å². The number of hydrogen-bond acceptors (Lipinski definition) is 10. The highest BCUT2D eigenvalue weighted by atomic mass is 32.2. The first-order valence-electron chi connectivity index (χ1n) is 14.4. The zero-order valence-electron chi connectivity index (χ0n) is 24.3. The topological polar surface area (TPSA) is 111 Å². The number of thioether (sulfide) groups is 1. The number of amides is 1. The molecule has 2 aliphatic rings. The molecular formula is C33H31N3O6S2. The molecule has 0 saturated carbocycles. The van der Waals surface area contributed by atoms with Crippen molar-refractivity contribution in [1.82, 2.24) is 10.2 Å². The number of ether oxygens (including phenoxy) is 3. The summed E-state index contributed by atoms with van der Waals surface area (Å²) in [6, 6.07) is 19.5. The fraction of sp³-hybridized carbons (Fsp3) is 0.273. The monoisotopic (exact) mass is 629 g/mol. The van der Waals surface area contributed by atoms with Gasteiger partial charge in [-0.1, -0.05) is 78.4 Å². The largest absolute Gasteiger partial charge is 0.507 e.